The van der Waals surface area contributed by atoms with Gasteiger partial charge in [-0.25, -0.2) is 0 Å². The fraction of sp³-hybridized carbons (Fsp3) is 0. The van der Waals surface area contributed by atoms with E-state index in [4.69, 9.17) is 10.0 Å². The summed E-state index contributed by atoms with van der Waals surface area (Å²) in [5, 5.41) is 15.4. The quantitative estimate of drug-likeness (QED) is 0.451. The van der Waals surface area contributed by atoms with Gasteiger partial charge in [0.05, 0.1) is 0 Å². The van der Waals surface area contributed by atoms with Gasteiger partial charge >= 0.3 is 69.3 Å². The molecule has 0 aliphatic carbocycles. The van der Waals surface area contributed by atoms with Crippen molar-refractivity contribution in [1.29, 1.82) is 0 Å². The summed E-state index contributed by atoms with van der Waals surface area (Å²) in [7, 11) is -1.59. The van der Waals surface area contributed by atoms with Crippen LogP contribution in [0.1, 0.15) is 0 Å². The predicted molar refractivity (Wildman–Crippen MR) is 28.4 cm³/mol. The Hall–Kier alpha value is 1.62. The molecule has 0 saturated carbocycles. The Bertz CT molecular complexity index is 24.8. The molecule has 2 N–H and O–H groups in total. The second kappa shape index (κ2) is 6.62. The van der Waals surface area contributed by atoms with E-state index in [0.29, 0.717) is 0 Å². The van der Waals surface area contributed by atoms with Crippen LogP contribution in [0.3, 0.4) is 0 Å². The number of hydrogen-bond donors (Lipinski definition) is 2. The van der Waals surface area contributed by atoms with Crippen molar-refractivity contribution >= 4 is 56.2 Å². The molecule has 6 heavy (non-hydrogen) atoms. The summed E-state index contributed by atoms with van der Waals surface area (Å²) in [5.41, 5.74) is 0. The molecule has 0 aromatic carbocycles. The van der Waals surface area contributed by atoms with Crippen molar-refractivity contribution < 1.29 is 13.1 Å². The predicted octanol–water partition coefficient (Wildman–Crippen LogP) is -3.40. The molecule has 0 spiro atoms. The topological polar surface area (TPSA) is 49.7 Å². The average Bonchev–Trinajstić information content (AvgIpc) is 1.38. The van der Waals surface area contributed by atoms with Crippen LogP contribution in [0.5, 0.6) is 0 Å². The van der Waals surface area contributed by atoms with Gasteiger partial charge in [0.2, 0.25) is 0 Å². The van der Waals surface area contributed by atoms with Crippen LogP contribution in [0.4, 0.5) is 0 Å². The summed E-state index contributed by atoms with van der Waals surface area (Å²) < 4.78 is 3.91. The zero-order chi connectivity index (χ0) is 4.28. The maximum atomic E-state index is 7.71. The van der Waals surface area contributed by atoms with E-state index in [0.717, 1.165) is 22.7 Å². The summed E-state index contributed by atoms with van der Waals surface area (Å²) in [6.07, 6.45) is 0. The Balaban J connectivity index is 0. The molecule has 0 unspecified atom stereocenters. The molecular formula is H6BBiO3Te. The summed E-state index contributed by atoms with van der Waals surface area (Å²) in [6, 6.07) is 0. The maximum absolute atomic E-state index is 7.71. The Labute approximate surface area is 68.8 Å². The minimum absolute atomic E-state index is 0. The fourth-order valence-electron chi connectivity index (χ4n) is 0. The zero-order valence-corrected chi connectivity index (χ0v) is 11.1. The van der Waals surface area contributed by atoms with Gasteiger partial charge in [-0.2, -0.15) is 0 Å². The monoisotopic (exact) mass is 404 g/mol. The van der Waals surface area contributed by atoms with Gasteiger partial charge in [0.15, 0.2) is 0 Å². The first kappa shape index (κ1) is 10.6. The van der Waals surface area contributed by atoms with Gasteiger partial charge in [-0.05, 0) is 0 Å². The van der Waals surface area contributed by atoms with Crippen molar-refractivity contribution in [3.05, 3.63) is 0 Å². The number of hydrogen-bond acceptors (Lipinski definition) is 3. The van der Waals surface area contributed by atoms with E-state index in [1.807, 2.05) is 0 Å². The molecule has 0 heterocycles. The molecule has 0 fully saturated rings. The molecular weight excluding hydrogens is 395 g/mol. The Morgan fingerprint density at radius 1 is 1.50 bits per heavy atom. The van der Waals surface area contributed by atoms with Crippen LogP contribution in [0.2, 0.25) is 0 Å². The molecule has 6 heteroatoms. The van der Waals surface area contributed by atoms with Gasteiger partial charge < -0.3 is 0 Å². The summed E-state index contributed by atoms with van der Waals surface area (Å²) in [6.45, 7) is 0. The van der Waals surface area contributed by atoms with Crippen LogP contribution in [0, 0.1) is 0 Å². The van der Waals surface area contributed by atoms with Crippen molar-refractivity contribution in [1.82, 2.24) is 0 Å². The Morgan fingerprint density at radius 3 is 1.67 bits per heavy atom. The third-order valence-corrected chi connectivity index (χ3v) is 0.632. The molecule has 38 valence electrons. The van der Waals surface area contributed by atoms with Crippen molar-refractivity contribution in [2.75, 3.05) is 0 Å². The normalized spacial score (nSPS) is 6.50. The summed E-state index contributed by atoms with van der Waals surface area (Å²) >= 11 is 0.902. The van der Waals surface area contributed by atoms with E-state index in [-0.39, 0.29) is 26.2 Å². The van der Waals surface area contributed by atoms with E-state index in [2.05, 4.69) is 3.02 Å². The molecule has 0 rings (SSSR count). The molecule has 3 nitrogen and oxygen atoms in total. The molecule has 0 amide bonds. The Morgan fingerprint density at radius 2 is 1.67 bits per heavy atom. The average molecular weight is 401 g/mol. The van der Waals surface area contributed by atoms with E-state index in [1.54, 1.807) is 0 Å². The molecule has 0 aromatic rings. The van der Waals surface area contributed by atoms with Crippen LogP contribution in [-0.2, 0) is 3.02 Å². The van der Waals surface area contributed by atoms with Gasteiger partial charge in [-0.3, -0.25) is 0 Å². The first-order valence-corrected chi connectivity index (χ1v) is 1.98. The zero-order valence-electron chi connectivity index (χ0n) is 3.03. The second-order valence-corrected chi connectivity index (χ2v) is 1.03. The molecule has 0 aliphatic rings. The molecule has 0 aliphatic heterocycles. The van der Waals surface area contributed by atoms with Crippen molar-refractivity contribution in [3.8, 4) is 0 Å². The molecule has 0 aromatic heterocycles. The van der Waals surface area contributed by atoms with E-state index < -0.39 is 7.32 Å². The fourth-order valence-corrected chi connectivity index (χ4v) is 0. The van der Waals surface area contributed by atoms with Crippen LogP contribution in [0.25, 0.3) is 0 Å². The van der Waals surface area contributed by atoms with Crippen molar-refractivity contribution in [2.24, 2.45) is 0 Å². The van der Waals surface area contributed by atoms with E-state index >= 15 is 0 Å². The van der Waals surface area contributed by atoms with Crippen LogP contribution >= 0.6 is 0 Å². The Kier molecular flexibility index (Phi) is 11.7. The van der Waals surface area contributed by atoms with Crippen LogP contribution in [-0.4, -0.2) is 66.3 Å². The third kappa shape index (κ3) is 9.15. The van der Waals surface area contributed by atoms with Crippen molar-refractivity contribution in [2.45, 2.75) is 0 Å². The van der Waals surface area contributed by atoms with Gasteiger partial charge in [0.25, 0.3) is 0 Å². The van der Waals surface area contributed by atoms with Gasteiger partial charge in [0, 0.05) is 0 Å². The second-order valence-electron chi connectivity index (χ2n) is 0.432. The SMILES string of the molecule is OB(O)O[TeH].[BiH3]. The first-order chi connectivity index (χ1) is 2.27. The van der Waals surface area contributed by atoms with Crippen LogP contribution < -0.4 is 0 Å². The molecule has 0 radical (unpaired) electrons. The summed E-state index contributed by atoms with van der Waals surface area (Å²) in [5.74, 6) is 0. The van der Waals surface area contributed by atoms with Crippen molar-refractivity contribution in [3.63, 3.8) is 0 Å². The van der Waals surface area contributed by atoms with Gasteiger partial charge in [0.1, 0.15) is 0 Å². The molecule has 0 saturated heterocycles. The summed E-state index contributed by atoms with van der Waals surface area (Å²) in [4.78, 5) is 0. The van der Waals surface area contributed by atoms with E-state index in [9.17, 15) is 0 Å². The van der Waals surface area contributed by atoms with E-state index in [1.165, 1.54) is 0 Å². The third-order valence-electron chi connectivity index (χ3n) is 0.0943. The van der Waals surface area contributed by atoms with Gasteiger partial charge in [-0.15, -0.1) is 0 Å². The van der Waals surface area contributed by atoms with Gasteiger partial charge in [-0.1, -0.05) is 0 Å². The first-order valence-electron chi connectivity index (χ1n) is 0.935. The number of rotatable bonds is 1. The molecule has 0 bridgehead atoms. The molecule has 0 atom stereocenters. The standard InChI is InChI=1S/BH3O3Te.Bi.3H/c2-1(3)4-5;;;;/h2-3,5H;;;;. The van der Waals surface area contributed by atoms with Crippen LogP contribution in [0.15, 0.2) is 0 Å². The minimum atomic E-state index is -1.59.